The molecule has 3 heteroatoms. The van der Waals surface area contributed by atoms with Gasteiger partial charge in [0.1, 0.15) is 6.10 Å². The normalized spacial score (nSPS) is 29.0. The van der Waals surface area contributed by atoms with Crippen molar-refractivity contribution in [3.63, 3.8) is 0 Å². The summed E-state index contributed by atoms with van der Waals surface area (Å²) in [6.07, 6.45) is 8.14. The molecule has 1 N–H and O–H groups in total. The Morgan fingerprint density at radius 3 is 2.93 bits per heavy atom. The van der Waals surface area contributed by atoms with E-state index in [4.69, 9.17) is 0 Å². The third-order valence-corrected chi connectivity index (χ3v) is 3.45. The number of hydrogen-bond donors (Lipinski definition) is 1. The van der Waals surface area contributed by atoms with Crippen LogP contribution in [-0.2, 0) is 7.05 Å². The molecule has 0 amide bonds. The first kappa shape index (κ1) is 10.7. The number of aliphatic hydroxyl groups is 1. The topological polar surface area (TPSA) is 38.0 Å². The lowest BCUT2D eigenvalue weighted by atomic mass is 9.79. The molecule has 3 unspecified atom stereocenters. The highest BCUT2D eigenvalue weighted by Crippen LogP contribution is 2.36. The van der Waals surface area contributed by atoms with Crippen molar-refractivity contribution < 1.29 is 5.11 Å². The average Bonchev–Trinajstić information content (AvgIpc) is 2.64. The highest BCUT2D eigenvalue weighted by Gasteiger charge is 2.27. The van der Waals surface area contributed by atoms with Gasteiger partial charge in [-0.05, 0) is 24.7 Å². The minimum atomic E-state index is -0.367. The predicted molar refractivity (Wildman–Crippen MR) is 59.3 cm³/mol. The van der Waals surface area contributed by atoms with Crippen molar-refractivity contribution in [3.8, 4) is 0 Å². The van der Waals surface area contributed by atoms with Crippen LogP contribution in [0.2, 0.25) is 0 Å². The maximum Gasteiger partial charge on any atom is 0.100 e. The summed E-state index contributed by atoms with van der Waals surface area (Å²) in [5, 5.41) is 10.2. The lowest BCUT2D eigenvalue weighted by molar-refractivity contribution is 0.0683. The molecule has 1 fully saturated rings. The smallest absolute Gasteiger partial charge is 0.100 e. The van der Waals surface area contributed by atoms with Gasteiger partial charge in [-0.2, -0.15) is 0 Å². The van der Waals surface area contributed by atoms with Gasteiger partial charge in [0.05, 0.1) is 12.0 Å². The van der Waals surface area contributed by atoms with E-state index in [2.05, 4.69) is 11.9 Å². The largest absolute Gasteiger partial charge is 0.386 e. The maximum absolute atomic E-state index is 10.2. The Bertz CT molecular complexity index is 321. The molecule has 84 valence electrons. The Hall–Kier alpha value is -0.830. The number of imidazole rings is 1. The van der Waals surface area contributed by atoms with E-state index in [0.717, 1.165) is 24.5 Å². The molecule has 2 rings (SSSR count). The van der Waals surface area contributed by atoms with Gasteiger partial charge in [0, 0.05) is 13.2 Å². The highest BCUT2D eigenvalue weighted by atomic mass is 16.3. The lowest BCUT2D eigenvalue weighted by Gasteiger charge is -2.29. The fourth-order valence-corrected chi connectivity index (χ4v) is 2.60. The number of aromatic nitrogens is 2. The Labute approximate surface area is 91.1 Å². The van der Waals surface area contributed by atoms with Gasteiger partial charge in [-0.15, -0.1) is 0 Å². The SMILES string of the molecule is CC1CCCC(C(O)c2cn(C)cn2)C1. The van der Waals surface area contributed by atoms with Crippen LogP contribution in [-0.4, -0.2) is 14.7 Å². The molecule has 0 bridgehead atoms. The van der Waals surface area contributed by atoms with Gasteiger partial charge in [-0.3, -0.25) is 0 Å². The second-order valence-electron chi connectivity index (χ2n) is 4.94. The summed E-state index contributed by atoms with van der Waals surface area (Å²) in [5.41, 5.74) is 0.830. The third-order valence-electron chi connectivity index (χ3n) is 3.45. The van der Waals surface area contributed by atoms with Crippen LogP contribution in [0.1, 0.15) is 44.4 Å². The summed E-state index contributed by atoms with van der Waals surface area (Å²) >= 11 is 0. The van der Waals surface area contributed by atoms with E-state index >= 15 is 0 Å². The highest BCUT2D eigenvalue weighted by molar-refractivity contribution is 5.02. The Kier molecular flexibility index (Phi) is 3.10. The number of aryl methyl sites for hydroxylation is 1. The zero-order valence-electron chi connectivity index (χ0n) is 9.56. The summed E-state index contributed by atoms with van der Waals surface area (Å²) in [7, 11) is 1.94. The molecule has 0 spiro atoms. The van der Waals surface area contributed by atoms with E-state index in [1.807, 2.05) is 17.8 Å². The van der Waals surface area contributed by atoms with Crippen LogP contribution in [0.15, 0.2) is 12.5 Å². The molecule has 0 aromatic carbocycles. The van der Waals surface area contributed by atoms with Gasteiger partial charge in [-0.25, -0.2) is 4.98 Å². The summed E-state index contributed by atoms with van der Waals surface area (Å²) in [5.74, 6) is 1.16. The van der Waals surface area contributed by atoms with E-state index in [1.54, 1.807) is 6.33 Å². The summed E-state index contributed by atoms with van der Waals surface area (Å²) in [6, 6.07) is 0. The Morgan fingerprint density at radius 2 is 2.33 bits per heavy atom. The molecule has 15 heavy (non-hydrogen) atoms. The maximum atomic E-state index is 10.2. The van der Waals surface area contributed by atoms with E-state index < -0.39 is 0 Å². The molecule has 0 aliphatic heterocycles. The lowest BCUT2D eigenvalue weighted by Crippen LogP contribution is -2.20. The number of nitrogens with zero attached hydrogens (tertiary/aromatic N) is 2. The van der Waals surface area contributed by atoms with Crippen LogP contribution in [0.5, 0.6) is 0 Å². The zero-order valence-corrected chi connectivity index (χ0v) is 9.56. The van der Waals surface area contributed by atoms with Crippen LogP contribution in [0.25, 0.3) is 0 Å². The Morgan fingerprint density at radius 1 is 1.53 bits per heavy atom. The molecular formula is C12H20N2O. The van der Waals surface area contributed by atoms with Crippen LogP contribution >= 0.6 is 0 Å². The minimum absolute atomic E-state index is 0.367. The summed E-state index contributed by atoms with van der Waals surface area (Å²) < 4.78 is 1.89. The van der Waals surface area contributed by atoms with E-state index in [0.29, 0.717) is 5.92 Å². The van der Waals surface area contributed by atoms with Gasteiger partial charge in [0.15, 0.2) is 0 Å². The molecule has 0 saturated heterocycles. The fourth-order valence-electron chi connectivity index (χ4n) is 2.60. The van der Waals surface area contributed by atoms with Crippen LogP contribution in [0.4, 0.5) is 0 Å². The zero-order chi connectivity index (χ0) is 10.8. The predicted octanol–water partition coefficient (Wildman–Crippen LogP) is 2.28. The van der Waals surface area contributed by atoms with Gasteiger partial charge >= 0.3 is 0 Å². The van der Waals surface area contributed by atoms with Gasteiger partial charge in [-0.1, -0.05) is 19.8 Å². The molecule has 1 saturated carbocycles. The third kappa shape index (κ3) is 2.40. The van der Waals surface area contributed by atoms with Crippen molar-refractivity contribution in [2.45, 2.75) is 38.7 Å². The molecule has 1 aliphatic rings. The van der Waals surface area contributed by atoms with Crippen molar-refractivity contribution in [2.75, 3.05) is 0 Å². The van der Waals surface area contributed by atoms with E-state index in [9.17, 15) is 5.11 Å². The second kappa shape index (κ2) is 4.35. The first-order valence-electron chi connectivity index (χ1n) is 5.82. The first-order chi connectivity index (χ1) is 7.16. The van der Waals surface area contributed by atoms with Gasteiger partial charge in [0.2, 0.25) is 0 Å². The van der Waals surface area contributed by atoms with Crippen LogP contribution in [0.3, 0.4) is 0 Å². The molecule has 1 aromatic heterocycles. The molecule has 3 nitrogen and oxygen atoms in total. The molecule has 1 aromatic rings. The number of hydrogen-bond acceptors (Lipinski definition) is 2. The van der Waals surface area contributed by atoms with Gasteiger partial charge in [0.25, 0.3) is 0 Å². The number of rotatable bonds is 2. The van der Waals surface area contributed by atoms with Crippen molar-refractivity contribution in [1.29, 1.82) is 0 Å². The molecule has 3 atom stereocenters. The monoisotopic (exact) mass is 208 g/mol. The quantitative estimate of drug-likeness (QED) is 0.809. The summed E-state index contributed by atoms with van der Waals surface area (Å²) in [6.45, 7) is 2.28. The first-order valence-corrected chi connectivity index (χ1v) is 5.82. The van der Waals surface area contributed by atoms with E-state index in [1.165, 1.54) is 12.8 Å². The summed E-state index contributed by atoms with van der Waals surface area (Å²) in [4.78, 5) is 4.23. The molecule has 0 radical (unpaired) electrons. The number of aliphatic hydroxyl groups excluding tert-OH is 1. The minimum Gasteiger partial charge on any atom is -0.386 e. The molecule has 1 aliphatic carbocycles. The molecular weight excluding hydrogens is 188 g/mol. The fraction of sp³-hybridized carbons (Fsp3) is 0.750. The Balaban J connectivity index is 2.03. The van der Waals surface area contributed by atoms with Crippen molar-refractivity contribution in [2.24, 2.45) is 18.9 Å². The van der Waals surface area contributed by atoms with E-state index in [-0.39, 0.29) is 6.10 Å². The van der Waals surface area contributed by atoms with Gasteiger partial charge < -0.3 is 9.67 Å². The van der Waals surface area contributed by atoms with Crippen molar-refractivity contribution in [1.82, 2.24) is 9.55 Å². The molecule has 1 heterocycles. The van der Waals surface area contributed by atoms with Crippen LogP contribution < -0.4 is 0 Å². The van der Waals surface area contributed by atoms with Crippen molar-refractivity contribution >= 4 is 0 Å². The van der Waals surface area contributed by atoms with Crippen LogP contribution in [0, 0.1) is 11.8 Å². The average molecular weight is 208 g/mol. The second-order valence-corrected chi connectivity index (χ2v) is 4.94. The standard InChI is InChI=1S/C12H20N2O/c1-9-4-3-5-10(6-9)12(15)11-7-14(2)8-13-11/h7-10,12,15H,3-6H2,1-2H3. The van der Waals surface area contributed by atoms with Crippen molar-refractivity contribution in [3.05, 3.63) is 18.2 Å².